The number of esters is 1. The largest absolute Gasteiger partial charge is 0.459 e. The summed E-state index contributed by atoms with van der Waals surface area (Å²) in [5, 5.41) is 15.4. The maximum Gasteiger partial charge on any atom is 0.350 e. The molecule has 0 saturated carbocycles. The topological polar surface area (TPSA) is 84.2 Å². The first-order valence-electron chi connectivity index (χ1n) is 7.60. The van der Waals surface area contributed by atoms with Gasteiger partial charge < -0.3 is 14.8 Å². The van der Waals surface area contributed by atoms with Gasteiger partial charge in [0, 0.05) is 17.7 Å². The summed E-state index contributed by atoms with van der Waals surface area (Å²) >= 11 is 1.57. The van der Waals surface area contributed by atoms with E-state index in [0.717, 1.165) is 10.7 Å². The van der Waals surface area contributed by atoms with Crippen molar-refractivity contribution in [3.8, 4) is 6.07 Å². The molecule has 0 spiro atoms. The first-order chi connectivity index (χ1) is 11.0. The molecule has 0 amide bonds. The van der Waals surface area contributed by atoms with E-state index in [2.05, 4.69) is 10.3 Å². The molecular weight excluding hydrogens is 314 g/mol. The van der Waals surface area contributed by atoms with Gasteiger partial charge in [0.25, 0.3) is 0 Å². The van der Waals surface area contributed by atoms with Crippen LogP contribution in [0.3, 0.4) is 0 Å². The van der Waals surface area contributed by atoms with Crippen LogP contribution in [0.25, 0.3) is 0 Å². The monoisotopic (exact) mass is 337 g/mol. The van der Waals surface area contributed by atoms with Crippen molar-refractivity contribution >= 4 is 17.3 Å². The fourth-order valence-corrected chi connectivity index (χ4v) is 2.62. The first kappa shape index (κ1) is 19.1. The normalized spacial score (nSPS) is 13.0. The summed E-state index contributed by atoms with van der Waals surface area (Å²) in [6, 6.07) is 1.85. The quantitative estimate of drug-likeness (QED) is 0.323. The molecule has 1 rings (SSSR count). The summed E-state index contributed by atoms with van der Waals surface area (Å²) in [6.07, 6.45) is 0.525. The highest BCUT2D eigenvalue weighted by molar-refractivity contribution is 7.09. The van der Waals surface area contributed by atoms with Crippen LogP contribution in [0, 0.1) is 18.3 Å². The van der Waals surface area contributed by atoms with E-state index >= 15 is 0 Å². The van der Waals surface area contributed by atoms with Gasteiger partial charge in [-0.25, -0.2) is 9.78 Å². The Labute approximate surface area is 141 Å². The highest BCUT2D eigenvalue weighted by Crippen LogP contribution is 2.19. The van der Waals surface area contributed by atoms with Crippen LogP contribution in [0.4, 0.5) is 0 Å². The number of nitrogens with one attached hydrogen (secondary N) is 1. The van der Waals surface area contributed by atoms with Crippen LogP contribution >= 0.6 is 11.3 Å². The van der Waals surface area contributed by atoms with Gasteiger partial charge in [0.1, 0.15) is 12.7 Å². The molecule has 1 heterocycles. The Hall–Kier alpha value is -1.91. The molecule has 126 valence electrons. The molecule has 0 saturated heterocycles. The summed E-state index contributed by atoms with van der Waals surface area (Å²) in [4.78, 5) is 16.5. The number of allylic oxidation sites excluding steroid dienone is 1. The van der Waals surface area contributed by atoms with Gasteiger partial charge in [-0.05, 0) is 27.2 Å². The van der Waals surface area contributed by atoms with Crippen molar-refractivity contribution in [1.29, 1.82) is 5.26 Å². The van der Waals surface area contributed by atoms with E-state index in [0.29, 0.717) is 25.3 Å². The number of hydrogen-bond donors (Lipinski definition) is 1. The fourth-order valence-electron chi connectivity index (χ4n) is 1.91. The molecule has 1 aromatic heterocycles. The number of aryl methyl sites for hydroxylation is 1. The fraction of sp³-hybridized carbons (Fsp3) is 0.562. The zero-order valence-electron chi connectivity index (χ0n) is 14.0. The van der Waals surface area contributed by atoms with Crippen molar-refractivity contribution < 1.29 is 14.3 Å². The minimum Gasteiger partial charge on any atom is -0.459 e. The number of nitriles is 1. The van der Waals surface area contributed by atoms with Gasteiger partial charge in [0.05, 0.1) is 23.4 Å². The number of carbonyl (C=O) groups excluding carboxylic acids is 1. The van der Waals surface area contributed by atoms with E-state index in [1.807, 2.05) is 39.1 Å². The lowest BCUT2D eigenvalue weighted by molar-refractivity contribution is -0.140. The van der Waals surface area contributed by atoms with Gasteiger partial charge in [0.15, 0.2) is 5.57 Å². The molecule has 0 bridgehead atoms. The second-order valence-electron chi connectivity index (χ2n) is 4.81. The summed E-state index contributed by atoms with van der Waals surface area (Å²) in [5.74, 6) is -0.627. The Bertz CT molecular complexity index is 590. The van der Waals surface area contributed by atoms with Crippen LogP contribution in [0.15, 0.2) is 16.7 Å². The zero-order chi connectivity index (χ0) is 17.2. The second-order valence-corrected chi connectivity index (χ2v) is 5.87. The molecule has 1 aromatic rings. The zero-order valence-corrected chi connectivity index (χ0v) is 14.8. The van der Waals surface area contributed by atoms with Gasteiger partial charge in [-0.2, -0.15) is 5.26 Å². The number of hydrogen-bond acceptors (Lipinski definition) is 7. The molecule has 1 atom stereocenters. The van der Waals surface area contributed by atoms with E-state index in [9.17, 15) is 10.1 Å². The third-order valence-electron chi connectivity index (χ3n) is 3.11. The molecule has 0 aromatic carbocycles. The van der Waals surface area contributed by atoms with E-state index in [-0.39, 0.29) is 18.2 Å². The summed E-state index contributed by atoms with van der Waals surface area (Å²) in [5.41, 5.74) is 1.45. The average molecular weight is 337 g/mol. The van der Waals surface area contributed by atoms with E-state index in [4.69, 9.17) is 9.47 Å². The van der Waals surface area contributed by atoms with Crippen LogP contribution in [0.5, 0.6) is 0 Å². The maximum absolute atomic E-state index is 12.0. The Morgan fingerprint density at radius 2 is 2.22 bits per heavy atom. The van der Waals surface area contributed by atoms with Gasteiger partial charge in [-0.15, -0.1) is 11.3 Å². The molecule has 1 N–H and O–H groups in total. The third-order valence-corrected chi connectivity index (χ3v) is 3.90. The maximum atomic E-state index is 12.0. The average Bonchev–Trinajstić information content (AvgIpc) is 2.97. The Morgan fingerprint density at radius 3 is 2.74 bits per heavy atom. The Balaban J connectivity index is 2.78. The SMILES string of the molecule is CCOCCOC(=O)C(C#N)=C(CC)NC(C)c1csc(C)n1. The third kappa shape index (κ3) is 6.00. The van der Waals surface area contributed by atoms with E-state index in [1.54, 1.807) is 11.3 Å². The molecular formula is C16H23N3O3S. The molecule has 23 heavy (non-hydrogen) atoms. The molecule has 6 nitrogen and oxygen atoms in total. The molecule has 0 aliphatic rings. The van der Waals surface area contributed by atoms with Crippen molar-refractivity contribution in [2.24, 2.45) is 0 Å². The lowest BCUT2D eigenvalue weighted by Gasteiger charge is -2.16. The number of thiazole rings is 1. The predicted molar refractivity (Wildman–Crippen MR) is 88.8 cm³/mol. The summed E-state index contributed by atoms with van der Waals surface area (Å²) in [7, 11) is 0. The van der Waals surface area contributed by atoms with Crippen LogP contribution in [0.2, 0.25) is 0 Å². The highest BCUT2D eigenvalue weighted by Gasteiger charge is 2.18. The van der Waals surface area contributed by atoms with Crippen molar-refractivity contribution in [1.82, 2.24) is 10.3 Å². The molecule has 1 unspecified atom stereocenters. The number of carbonyl (C=O) groups is 1. The van der Waals surface area contributed by atoms with Crippen LogP contribution in [-0.2, 0) is 14.3 Å². The Morgan fingerprint density at radius 1 is 1.48 bits per heavy atom. The van der Waals surface area contributed by atoms with Gasteiger partial charge >= 0.3 is 5.97 Å². The van der Waals surface area contributed by atoms with Crippen molar-refractivity contribution in [3.63, 3.8) is 0 Å². The molecule has 7 heteroatoms. The van der Waals surface area contributed by atoms with E-state index < -0.39 is 5.97 Å². The number of nitrogens with zero attached hydrogens (tertiary/aromatic N) is 2. The standard InChI is InChI=1S/C16H23N3O3S/c1-5-14(18-11(3)15-10-23-12(4)19-15)13(9-17)16(20)22-8-7-21-6-2/h10-11,18H,5-8H2,1-4H3. The minimum absolute atomic E-state index is 0.00259. The number of rotatable bonds is 9. The molecule has 0 fully saturated rings. The molecule has 0 aliphatic heterocycles. The van der Waals surface area contributed by atoms with Crippen molar-refractivity contribution in [2.45, 2.75) is 40.2 Å². The predicted octanol–water partition coefficient (Wildman–Crippen LogP) is 2.87. The summed E-state index contributed by atoms with van der Waals surface area (Å²) < 4.78 is 10.2. The Kier molecular flexibility index (Phi) is 8.30. The number of ether oxygens (including phenoxy) is 2. The lowest BCUT2D eigenvalue weighted by Crippen LogP contribution is -2.23. The van der Waals surface area contributed by atoms with Crippen LogP contribution < -0.4 is 5.32 Å². The van der Waals surface area contributed by atoms with Gasteiger partial charge in [-0.3, -0.25) is 0 Å². The first-order valence-corrected chi connectivity index (χ1v) is 8.48. The minimum atomic E-state index is -0.627. The lowest BCUT2D eigenvalue weighted by atomic mass is 10.1. The second kappa shape index (κ2) is 9.98. The molecule has 0 aliphatic carbocycles. The summed E-state index contributed by atoms with van der Waals surface area (Å²) in [6.45, 7) is 8.65. The van der Waals surface area contributed by atoms with E-state index in [1.165, 1.54) is 0 Å². The smallest absolute Gasteiger partial charge is 0.350 e. The van der Waals surface area contributed by atoms with Gasteiger partial charge in [0.2, 0.25) is 0 Å². The van der Waals surface area contributed by atoms with Crippen molar-refractivity contribution in [3.05, 3.63) is 27.4 Å². The van der Waals surface area contributed by atoms with Crippen LogP contribution in [-0.4, -0.2) is 30.8 Å². The number of aromatic nitrogens is 1. The van der Waals surface area contributed by atoms with Crippen molar-refractivity contribution in [2.75, 3.05) is 19.8 Å². The van der Waals surface area contributed by atoms with Gasteiger partial charge in [-0.1, -0.05) is 6.92 Å². The van der Waals surface area contributed by atoms with Crippen LogP contribution in [0.1, 0.15) is 43.9 Å². The molecule has 0 radical (unpaired) electrons. The highest BCUT2D eigenvalue weighted by atomic mass is 32.1.